The molecule has 4 aromatic rings. The number of hydrogen-bond acceptors (Lipinski definition) is 2. The summed E-state index contributed by atoms with van der Waals surface area (Å²) in [4.78, 5) is 0. The number of alkyl halides is 4. The zero-order valence-corrected chi connectivity index (χ0v) is 38.2. The van der Waals surface area contributed by atoms with Crippen molar-refractivity contribution in [2.24, 2.45) is 11.8 Å². The van der Waals surface area contributed by atoms with Gasteiger partial charge >= 0.3 is 13.2 Å². The molecule has 2 saturated carbocycles. The highest BCUT2D eigenvalue weighted by Gasteiger charge is 2.23. The number of hydrogen-bond donors (Lipinski definition) is 0. The van der Waals surface area contributed by atoms with Gasteiger partial charge in [-0.1, -0.05) is 194 Å². The van der Waals surface area contributed by atoms with Crippen molar-refractivity contribution in [3.8, 4) is 11.5 Å². The Morgan fingerprint density at radius 2 is 0.683 bits per heavy atom. The number of ether oxygens (including phenoxy) is 2. The summed E-state index contributed by atoms with van der Waals surface area (Å²) in [6.07, 6.45) is 37.1. The minimum absolute atomic E-state index is 0.183. The van der Waals surface area contributed by atoms with Gasteiger partial charge in [0, 0.05) is 0 Å². The van der Waals surface area contributed by atoms with Crippen molar-refractivity contribution in [3.63, 3.8) is 0 Å². The lowest BCUT2D eigenvalue weighted by atomic mass is 9.77. The Balaban J connectivity index is 0.000000238. The van der Waals surface area contributed by atoms with Gasteiger partial charge < -0.3 is 9.47 Å². The molecule has 6 heteroatoms. The van der Waals surface area contributed by atoms with E-state index < -0.39 is 13.2 Å². The summed E-state index contributed by atoms with van der Waals surface area (Å²) in [6.45, 7) is -1.02. The van der Waals surface area contributed by atoms with Crippen LogP contribution in [0.4, 0.5) is 17.6 Å². The third-order valence-electron chi connectivity index (χ3n) is 13.3. The van der Waals surface area contributed by atoms with Crippen LogP contribution in [0.3, 0.4) is 0 Å². The predicted molar refractivity (Wildman–Crippen MR) is 258 cm³/mol. The first-order valence-electron chi connectivity index (χ1n) is 24.4. The van der Waals surface area contributed by atoms with E-state index in [1.807, 2.05) is 12.2 Å². The molecule has 0 N–H and O–H groups in total. The normalized spacial score (nSPS) is 19.1. The molecule has 4 aromatic carbocycles. The third-order valence-corrected chi connectivity index (χ3v) is 13.3. The van der Waals surface area contributed by atoms with Crippen molar-refractivity contribution < 1.29 is 27.0 Å². The van der Waals surface area contributed by atoms with Gasteiger partial charge in [-0.2, -0.15) is 17.6 Å². The molecule has 0 radical (unpaired) electrons. The van der Waals surface area contributed by atoms with Gasteiger partial charge in [0.05, 0.1) is 0 Å². The van der Waals surface area contributed by atoms with Crippen LogP contribution in [0.15, 0.2) is 97.1 Å². The van der Waals surface area contributed by atoms with Gasteiger partial charge in [0.25, 0.3) is 0 Å². The van der Waals surface area contributed by atoms with Crippen LogP contribution in [0.5, 0.6) is 11.5 Å². The molecule has 0 atom stereocenters. The Hall–Kier alpha value is -4.32. The minimum atomic E-state index is -2.79. The lowest BCUT2D eigenvalue weighted by molar-refractivity contribution is -0.0505. The van der Waals surface area contributed by atoms with Gasteiger partial charge in [0.2, 0.25) is 0 Å². The Morgan fingerprint density at radius 1 is 0.397 bits per heavy atom. The molecule has 2 fully saturated rings. The number of halogens is 4. The quantitative estimate of drug-likeness (QED) is 0.0420. The highest BCUT2D eigenvalue weighted by Crippen LogP contribution is 2.39. The molecule has 2 nitrogen and oxygen atoms in total. The van der Waals surface area contributed by atoms with Crippen LogP contribution < -0.4 is 9.47 Å². The van der Waals surface area contributed by atoms with E-state index in [9.17, 15) is 17.6 Å². The van der Waals surface area contributed by atoms with Crippen molar-refractivity contribution in [2.45, 2.75) is 174 Å². The Kier molecular flexibility index (Phi) is 22.5. The van der Waals surface area contributed by atoms with Crippen LogP contribution in [0.2, 0.25) is 0 Å². The van der Waals surface area contributed by atoms with Gasteiger partial charge in [-0.3, -0.25) is 0 Å². The maximum atomic E-state index is 12.2. The van der Waals surface area contributed by atoms with Crippen LogP contribution in [0.25, 0.3) is 24.3 Å². The van der Waals surface area contributed by atoms with E-state index in [4.69, 9.17) is 0 Å². The molecular formula is C57H74F4O2. The van der Waals surface area contributed by atoms with Crippen LogP contribution in [-0.4, -0.2) is 13.2 Å². The summed E-state index contributed by atoms with van der Waals surface area (Å²) in [5.41, 5.74) is 7.15. The molecule has 63 heavy (non-hydrogen) atoms. The van der Waals surface area contributed by atoms with Gasteiger partial charge in [0.1, 0.15) is 11.5 Å². The summed E-state index contributed by atoms with van der Waals surface area (Å²) >= 11 is 0. The average molecular weight is 867 g/mol. The van der Waals surface area contributed by atoms with E-state index in [1.165, 1.54) is 146 Å². The molecule has 0 saturated heterocycles. The maximum absolute atomic E-state index is 12.2. The standard InChI is InChI=1S/C29H38F2O.C28H36F2O/c1-2-3-4-5-6-7-8-23-11-17-26(18-12-23)27-19-13-24(14-20-27)9-10-25-15-21-28(22-16-25)32-29(30)31;1-2-3-4-5-6-7-22-10-16-25(17-11-22)26-18-12-23(13-19-26)8-9-24-14-20-27(21-15-24)31-28(29)30/h9-10,13-16,19-23,26,29H,2-8,11-12,17-18H2,1H3;8-9,12-15,18-22,25,28H,2-7,10-11,16-17H2,1H3. The fourth-order valence-corrected chi connectivity index (χ4v) is 9.48. The first-order valence-corrected chi connectivity index (χ1v) is 24.4. The summed E-state index contributed by atoms with van der Waals surface area (Å²) < 4.78 is 57.7. The van der Waals surface area contributed by atoms with E-state index >= 15 is 0 Å². The fraction of sp³-hybridized carbons (Fsp3) is 0.509. The molecule has 342 valence electrons. The van der Waals surface area contributed by atoms with Gasteiger partial charge in [-0.05, 0) is 133 Å². The summed E-state index contributed by atoms with van der Waals surface area (Å²) in [6, 6.07) is 31.2. The molecule has 2 aliphatic rings. The Labute approximate surface area is 377 Å². The molecule has 0 spiro atoms. The maximum Gasteiger partial charge on any atom is 0.387 e. The van der Waals surface area contributed by atoms with Gasteiger partial charge in [0.15, 0.2) is 0 Å². The van der Waals surface area contributed by atoms with Crippen molar-refractivity contribution in [1.29, 1.82) is 0 Å². The number of unbranched alkanes of at least 4 members (excludes halogenated alkanes) is 9. The van der Waals surface area contributed by atoms with E-state index in [2.05, 4.69) is 84.0 Å². The van der Waals surface area contributed by atoms with Crippen LogP contribution in [0.1, 0.15) is 194 Å². The van der Waals surface area contributed by atoms with E-state index in [1.54, 1.807) is 48.5 Å². The lowest BCUT2D eigenvalue weighted by Crippen LogP contribution is -2.13. The largest absolute Gasteiger partial charge is 0.435 e. The first-order chi connectivity index (χ1) is 30.8. The monoisotopic (exact) mass is 867 g/mol. The topological polar surface area (TPSA) is 18.5 Å². The van der Waals surface area contributed by atoms with Gasteiger partial charge in [-0.25, -0.2) is 0 Å². The number of benzene rings is 4. The van der Waals surface area contributed by atoms with Crippen LogP contribution in [0, 0.1) is 11.8 Å². The minimum Gasteiger partial charge on any atom is -0.435 e. The van der Waals surface area contributed by atoms with Crippen molar-refractivity contribution >= 4 is 24.3 Å². The SMILES string of the molecule is CCCCCCCC1CCC(c2ccc(C=Cc3ccc(OC(F)F)cc3)cc2)CC1.CCCCCCCCC1CCC(c2ccc(C=Cc3ccc(OC(F)F)cc3)cc2)CC1. The number of rotatable bonds is 23. The molecule has 2 aliphatic carbocycles. The highest BCUT2D eigenvalue weighted by molar-refractivity contribution is 5.70. The fourth-order valence-electron chi connectivity index (χ4n) is 9.48. The second-order valence-electron chi connectivity index (χ2n) is 18.1. The molecule has 6 rings (SSSR count). The average Bonchev–Trinajstić information content (AvgIpc) is 3.30. The van der Waals surface area contributed by atoms with E-state index in [0.717, 1.165) is 34.1 Å². The molecule has 0 amide bonds. The Bertz CT molecular complexity index is 1830. The van der Waals surface area contributed by atoms with Crippen molar-refractivity contribution in [1.82, 2.24) is 0 Å². The van der Waals surface area contributed by atoms with Crippen molar-refractivity contribution in [3.05, 3.63) is 130 Å². The zero-order valence-electron chi connectivity index (χ0n) is 38.2. The van der Waals surface area contributed by atoms with E-state index in [0.29, 0.717) is 11.8 Å². The van der Waals surface area contributed by atoms with Crippen LogP contribution in [-0.2, 0) is 0 Å². The molecule has 0 unspecified atom stereocenters. The molecule has 0 bridgehead atoms. The first kappa shape index (κ1) is 49.7. The lowest BCUT2D eigenvalue weighted by Gasteiger charge is -2.29. The molecule has 0 aliphatic heterocycles. The molecule has 0 heterocycles. The zero-order chi connectivity index (χ0) is 44.5. The van der Waals surface area contributed by atoms with Gasteiger partial charge in [-0.15, -0.1) is 0 Å². The molecule has 0 aromatic heterocycles. The summed E-state index contributed by atoms with van der Waals surface area (Å²) in [7, 11) is 0. The second kappa shape index (κ2) is 28.5. The highest BCUT2D eigenvalue weighted by atomic mass is 19.3. The summed E-state index contributed by atoms with van der Waals surface area (Å²) in [5.74, 6) is 3.66. The van der Waals surface area contributed by atoms with E-state index in [-0.39, 0.29) is 11.5 Å². The predicted octanol–water partition coefficient (Wildman–Crippen LogP) is 18.6. The third kappa shape index (κ3) is 19.1. The Morgan fingerprint density at radius 3 is 0.984 bits per heavy atom. The van der Waals surface area contributed by atoms with Crippen molar-refractivity contribution in [2.75, 3.05) is 0 Å². The summed E-state index contributed by atoms with van der Waals surface area (Å²) in [5, 5.41) is 0. The second-order valence-corrected chi connectivity index (χ2v) is 18.1. The molecular weight excluding hydrogens is 793 g/mol. The van der Waals surface area contributed by atoms with Crippen LogP contribution >= 0.6 is 0 Å². The smallest absolute Gasteiger partial charge is 0.387 e.